The van der Waals surface area contributed by atoms with Crippen molar-refractivity contribution in [2.45, 2.75) is 19.9 Å². The van der Waals surface area contributed by atoms with E-state index in [9.17, 15) is 4.79 Å². The zero-order chi connectivity index (χ0) is 14.4. The van der Waals surface area contributed by atoms with E-state index in [0.717, 1.165) is 31.7 Å². The van der Waals surface area contributed by atoms with E-state index in [2.05, 4.69) is 21.8 Å². The van der Waals surface area contributed by atoms with Crippen molar-refractivity contribution < 1.29 is 9.90 Å². The first-order valence-electron chi connectivity index (χ1n) is 6.57. The third-order valence-electron chi connectivity index (χ3n) is 3.07. The molecule has 0 atom stereocenters. The summed E-state index contributed by atoms with van der Waals surface area (Å²) in [6, 6.07) is 0. The number of nitrogens with zero attached hydrogens (tertiary/aromatic N) is 4. The van der Waals surface area contributed by atoms with Crippen molar-refractivity contribution in [2.75, 3.05) is 33.7 Å². The first kappa shape index (κ1) is 15.7. The number of carbonyl (C=O) groups is 1. The molecule has 19 heavy (non-hydrogen) atoms. The Morgan fingerprint density at radius 2 is 2.05 bits per heavy atom. The minimum atomic E-state index is -0.910. The number of likely N-dealkylation sites (N-methyl/N-ethyl adjacent to an activating group) is 1. The maximum Gasteiger partial charge on any atom is 0.339 e. The van der Waals surface area contributed by atoms with Crippen molar-refractivity contribution in [3.63, 3.8) is 0 Å². The Bertz CT molecular complexity index is 415. The summed E-state index contributed by atoms with van der Waals surface area (Å²) >= 11 is 0. The quantitative estimate of drug-likeness (QED) is 0.759. The lowest BCUT2D eigenvalue weighted by atomic mass is 10.2. The summed E-state index contributed by atoms with van der Waals surface area (Å²) in [4.78, 5) is 15.6. The minimum Gasteiger partial charge on any atom is -0.478 e. The second kappa shape index (κ2) is 7.25. The van der Waals surface area contributed by atoms with Crippen LogP contribution in [0.1, 0.15) is 29.4 Å². The van der Waals surface area contributed by atoms with Crippen LogP contribution in [0.25, 0.3) is 0 Å². The van der Waals surface area contributed by atoms with Crippen molar-refractivity contribution >= 4 is 5.97 Å². The maximum atomic E-state index is 11.2. The number of carboxylic acids is 1. The molecule has 1 aromatic rings. The van der Waals surface area contributed by atoms with E-state index in [1.54, 1.807) is 11.7 Å². The number of aromatic carboxylic acids is 1. The van der Waals surface area contributed by atoms with Gasteiger partial charge in [0.1, 0.15) is 5.56 Å². The van der Waals surface area contributed by atoms with Gasteiger partial charge < -0.3 is 10.0 Å². The molecule has 1 N–H and O–H groups in total. The Hall–Kier alpha value is -1.40. The minimum absolute atomic E-state index is 0.299. The molecule has 1 rings (SSSR count). The third kappa shape index (κ3) is 4.65. The molecular weight excluding hydrogens is 244 g/mol. The lowest BCUT2D eigenvalue weighted by molar-refractivity contribution is 0.0694. The predicted molar refractivity (Wildman–Crippen MR) is 74.3 cm³/mol. The van der Waals surface area contributed by atoms with Crippen molar-refractivity contribution in [2.24, 2.45) is 7.05 Å². The van der Waals surface area contributed by atoms with Crippen LogP contribution in [0.5, 0.6) is 0 Å². The zero-order valence-corrected chi connectivity index (χ0v) is 12.3. The molecule has 0 amide bonds. The molecule has 0 radical (unpaired) electrons. The summed E-state index contributed by atoms with van der Waals surface area (Å²) in [5.74, 6) is -0.910. The Kier molecular flexibility index (Phi) is 5.98. The molecule has 0 saturated carbocycles. The van der Waals surface area contributed by atoms with Crippen LogP contribution in [-0.4, -0.2) is 64.4 Å². The van der Waals surface area contributed by atoms with Gasteiger partial charge in [0, 0.05) is 26.7 Å². The highest BCUT2D eigenvalue weighted by molar-refractivity contribution is 5.88. The standard InChI is InChI=1S/C13H24N4O2/c1-5-6-17(8-7-15(2)3)10-12-11(13(18)19)9-14-16(12)4/h9H,5-8,10H2,1-4H3,(H,18,19). The highest BCUT2D eigenvalue weighted by atomic mass is 16.4. The van der Waals surface area contributed by atoms with Gasteiger partial charge in [-0.1, -0.05) is 6.92 Å². The second-order valence-corrected chi connectivity index (χ2v) is 5.01. The average molecular weight is 268 g/mol. The van der Waals surface area contributed by atoms with E-state index in [1.807, 2.05) is 14.1 Å². The molecule has 0 bridgehead atoms. The number of rotatable bonds is 8. The number of hydrogen-bond donors (Lipinski definition) is 1. The van der Waals surface area contributed by atoms with Crippen LogP contribution >= 0.6 is 0 Å². The van der Waals surface area contributed by atoms with E-state index in [4.69, 9.17) is 5.11 Å². The van der Waals surface area contributed by atoms with Gasteiger partial charge in [-0.3, -0.25) is 9.58 Å². The molecule has 0 aromatic carbocycles. The highest BCUT2D eigenvalue weighted by Crippen LogP contribution is 2.11. The number of aromatic nitrogens is 2. The molecule has 1 heterocycles. The summed E-state index contributed by atoms with van der Waals surface area (Å²) in [6.45, 7) is 5.59. The van der Waals surface area contributed by atoms with Crippen LogP contribution in [0, 0.1) is 0 Å². The van der Waals surface area contributed by atoms with E-state index in [0.29, 0.717) is 12.1 Å². The van der Waals surface area contributed by atoms with E-state index >= 15 is 0 Å². The Balaban J connectivity index is 2.77. The van der Waals surface area contributed by atoms with Gasteiger partial charge in [-0.2, -0.15) is 5.10 Å². The summed E-state index contributed by atoms with van der Waals surface area (Å²) < 4.78 is 1.65. The van der Waals surface area contributed by atoms with Crippen LogP contribution in [0.3, 0.4) is 0 Å². The first-order chi connectivity index (χ1) is 8.95. The van der Waals surface area contributed by atoms with Crippen LogP contribution < -0.4 is 0 Å². The van der Waals surface area contributed by atoms with Crippen molar-refractivity contribution in [1.29, 1.82) is 0 Å². The van der Waals surface area contributed by atoms with Gasteiger partial charge in [-0.05, 0) is 27.1 Å². The van der Waals surface area contributed by atoms with Crippen LogP contribution in [0.15, 0.2) is 6.20 Å². The number of hydrogen-bond acceptors (Lipinski definition) is 4. The Morgan fingerprint density at radius 3 is 2.58 bits per heavy atom. The monoisotopic (exact) mass is 268 g/mol. The van der Waals surface area contributed by atoms with Gasteiger partial charge >= 0.3 is 5.97 Å². The molecule has 108 valence electrons. The Labute approximate surface area is 114 Å². The predicted octanol–water partition coefficient (Wildman–Crippen LogP) is 0.892. The van der Waals surface area contributed by atoms with Gasteiger partial charge in [-0.25, -0.2) is 4.79 Å². The maximum absolute atomic E-state index is 11.2. The van der Waals surface area contributed by atoms with E-state index < -0.39 is 5.97 Å². The fourth-order valence-corrected chi connectivity index (χ4v) is 1.97. The fourth-order valence-electron chi connectivity index (χ4n) is 1.97. The van der Waals surface area contributed by atoms with E-state index in [-0.39, 0.29) is 0 Å². The van der Waals surface area contributed by atoms with Gasteiger partial charge in [0.15, 0.2) is 0 Å². The van der Waals surface area contributed by atoms with Gasteiger partial charge in [0.05, 0.1) is 11.9 Å². The molecule has 0 aliphatic carbocycles. The third-order valence-corrected chi connectivity index (χ3v) is 3.07. The molecule has 0 aliphatic heterocycles. The fraction of sp³-hybridized carbons (Fsp3) is 0.692. The van der Waals surface area contributed by atoms with Crippen molar-refractivity contribution in [3.8, 4) is 0 Å². The van der Waals surface area contributed by atoms with Gasteiger partial charge in [0.25, 0.3) is 0 Å². The summed E-state index contributed by atoms with van der Waals surface area (Å²) in [7, 11) is 5.87. The van der Waals surface area contributed by atoms with Gasteiger partial charge in [0.2, 0.25) is 0 Å². The summed E-state index contributed by atoms with van der Waals surface area (Å²) in [5, 5.41) is 13.2. The molecule has 6 nitrogen and oxygen atoms in total. The summed E-state index contributed by atoms with van der Waals surface area (Å²) in [5.41, 5.74) is 1.06. The molecule has 6 heteroatoms. The normalized spacial score (nSPS) is 11.5. The molecule has 0 fully saturated rings. The van der Waals surface area contributed by atoms with Crippen molar-refractivity contribution in [1.82, 2.24) is 19.6 Å². The lowest BCUT2D eigenvalue weighted by Crippen LogP contribution is -2.33. The molecular formula is C13H24N4O2. The molecule has 1 aromatic heterocycles. The summed E-state index contributed by atoms with van der Waals surface area (Å²) in [6.07, 6.45) is 2.47. The SMILES string of the molecule is CCCN(CCN(C)C)Cc1c(C(=O)O)cnn1C. The van der Waals surface area contributed by atoms with Crippen LogP contribution in [0.4, 0.5) is 0 Å². The zero-order valence-electron chi connectivity index (χ0n) is 12.3. The lowest BCUT2D eigenvalue weighted by Gasteiger charge is -2.23. The van der Waals surface area contributed by atoms with Crippen molar-refractivity contribution in [3.05, 3.63) is 17.5 Å². The second-order valence-electron chi connectivity index (χ2n) is 5.01. The molecule has 0 spiro atoms. The largest absolute Gasteiger partial charge is 0.478 e. The number of carboxylic acid groups (broad SMARTS) is 1. The highest BCUT2D eigenvalue weighted by Gasteiger charge is 2.17. The molecule has 0 aliphatic rings. The van der Waals surface area contributed by atoms with Gasteiger partial charge in [-0.15, -0.1) is 0 Å². The molecule has 0 unspecified atom stereocenters. The topological polar surface area (TPSA) is 61.6 Å². The number of aryl methyl sites for hydroxylation is 1. The molecule has 0 saturated heterocycles. The van der Waals surface area contributed by atoms with Crippen LogP contribution in [0.2, 0.25) is 0 Å². The van der Waals surface area contributed by atoms with Crippen LogP contribution in [-0.2, 0) is 13.6 Å². The Morgan fingerprint density at radius 1 is 1.37 bits per heavy atom. The average Bonchev–Trinajstić information content (AvgIpc) is 2.68. The van der Waals surface area contributed by atoms with E-state index in [1.165, 1.54) is 6.20 Å². The first-order valence-corrected chi connectivity index (χ1v) is 6.57. The smallest absolute Gasteiger partial charge is 0.339 e.